The van der Waals surface area contributed by atoms with E-state index in [1.807, 2.05) is 19.1 Å². The van der Waals surface area contributed by atoms with Crippen molar-refractivity contribution in [3.05, 3.63) is 71.9 Å². The zero-order valence-electron chi connectivity index (χ0n) is 18.7. The molecule has 1 aliphatic rings. The molecule has 9 nitrogen and oxygen atoms in total. The molecular weight excluding hydrogens is 420 g/mol. The summed E-state index contributed by atoms with van der Waals surface area (Å²) < 4.78 is 5.12. The van der Waals surface area contributed by atoms with Crippen LogP contribution in [-0.2, 0) is 0 Å². The highest BCUT2D eigenvalue weighted by molar-refractivity contribution is 6.03. The molecule has 0 atom stereocenters. The first-order valence-electron chi connectivity index (χ1n) is 11.1. The minimum Gasteiger partial charge on any atom is -0.459 e. The van der Waals surface area contributed by atoms with E-state index in [1.165, 1.54) is 6.26 Å². The van der Waals surface area contributed by atoms with Gasteiger partial charge in [0.1, 0.15) is 0 Å². The molecule has 172 valence electrons. The molecule has 2 N–H and O–H groups in total. The molecule has 3 heterocycles. The van der Waals surface area contributed by atoms with E-state index in [9.17, 15) is 9.59 Å². The van der Waals surface area contributed by atoms with Gasteiger partial charge in [0.15, 0.2) is 5.76 Å². The molecule has 2 amide bonds. The number of carbonyl (C=O) groups excluding carboxylic acids is 2. The molecular formula is C24H28N6O3. The molecule has 0 unspecified atom stereocenters. The SMILES string of the molecule is Cc1ccc(C(=O)NCCCN2CCN(c3ncccn3)CC2)cc1NC(=O)c1ccco1. The number of aryl methyl sites for hydroxylation is 1. The first-order chi connectivity index (χ1) is 16.1. The number of benzene rings is 1. The summed E-state index contributed by atoms with van der Waals surface area (Å²) >= 11 is 0. The summed E-state index contributed by atoms with van der Waals surface area (Å²) in [7, 11) is 0. The minimum absolute atomic E-state index is 0.158. The third-order valence-electron chi connectivity index (χ3n) is 5.64. The fourth-order valence-electron chi connectivity index (χ4n) is 3.72. The zero-order valence-corrected chi connectivity index (χ0v) is 18.7. The number of aromatic nitrogens is 2. The molecule has 1 aliphatic heterocycles. The van der Waals surface area contributed by atoms with Gasteiger partial charge < -0.3 is 20.0 Å². The third-order valence-corrected chi connectivity index (χ3v) is 5.64. The van der Waals surface area contributed by atoms with E-state index in [-0.39, 0.29) is 17.6 Å². The average Bonchev–Trinajstić information content (AvgIpc) is 3.39. The highest BCUT2D eigenvalue weighted by Crippen LogP contribution is 2.18. The number of carbonyl (C=O) groups is 2. The maximum absolute atomic E-state index is 12.6. The van der Waals surface area contributed by atoms with Crippen molar-refractivity contribution in [3.8, 4) is 0 Å². The van der Waals surface area contributed by atoms with Crippen LogP contribution < -0.4 is 15.5 Å². The lowest BCUT2D eigenvalue weighted by molar-refractivity contribution is 0.0949. The smallest absolute Gasteiger partial charge is 0.291 e. The molecule has 3 aromatic rings. The summed E-state index contributed by atoms with van der Waals surface area (Å²) in [5.74, 6) is 0.498. The van der Waals surface area contributed by atoms with Gasteiger partial charge in [-0.05, 0) is 55.8 Å². The Morgan fingerprint density at radius 3 is 2.55 bits per heavy atom. The Morgan fingerprint density at radius 1 is 1.03 bits per heavy atom. The van der Waals surface area contributed by atoms with Gasteiger partial charge in [-0.3, -0.25) is 14.5 Å². The number of nitrogens with one attached hydrogen (secondary N) is 2. The van der Waals surface area contributed by atoms with E-state index in [0.717, 1.165) is 50.7 Å². The second-order valence-corrected chi connectivity index (χ2v) is 7.95. The van der Waals surface area contributed by atoms with Crippen molar-refractivity contribution in [2.24, 2.45) is 0 Å². The highest BCUT2D eigenvalue weighted by Gasteiger charge is 2.18. The summed E-state index contributed by atoms with van der Waals surface area (Å²) in [5, 5.41) is 5.77. The fourth-order valence-corrected chi connectivity index (χ4v) is 3.72. The lowest BCUT2D eigenvalue weighted by Crippen LogP contribution is -2.47. The van der Waals surface area contributed by atoms with Gasteiger partial charge in [-0.15, -0.1) is 0 Å². The third kappa shape index (κ3) is 5.95. The van der Waals surface area contributed by atoms with Crippen molar-refractivity contribution in [2.45, 2.75) is 13.3 Å². The van der Waals surface area contributed by atoms with Crippen LogP contribution in [0.25, 0.3) is 0 Å². The Kier molecular flexibility index (Phi) is 7.31. The van der Waals surface area contributed by atoms with Gasteiger partial charge in [-0.25, -0.2) is 9.97 Å². The number of anilines is 2. The van der Waals surface area contributed by atoms with Crippen LogP contribution in [0.15, 0.2) is 59.5 Å². The summed E-state index contributed by atoms with van der Waals surface area (Å²) in [6.07, 6.45) is 5.84. The Hall–Kier alpha value is -3.72. The van der Waals surface area contributed by atoms with Crippen molar-refractivity contribution in [1.82, 2.24) is 20.2 Å². The number of furan rings is 1. The number of hydrogen-bond acceptors (Lipinski definition) is 7. The van der Waals surface area contributed by atoms with E-state index in [0.29, 0.717) is 17.8 Å². The van der Waals surface area contributed by atoms with Gasteiger partial charge in [-0.1, -0.05) is 6.07 Å². The monoisotopic (exact) mass is 448 g/mol. The molecule has 0 bridgehead atoms. The number of hydrogen-bond donors (Lipinski definition) is 2. The van der Waals surface area contributed by atoms with Crippen LogP contribution >= 0.6 is 0 Å². The maximum atomic E-state index is 12.6. The van der Waals surface area contributed by atoms with Crippen LogP contribution in [0.4, 0.5) is 11.6 Å². The topological polar surface area (TPSA) is 104 Å². The van der Waals surface area contributed by atoms with Crippen LogP contribution in [0.1, 0.15) is 32.9 Å². The van der Waals surface area contributed by atoms with E-state index in [2.05, 4.69) is 30.4 Å². The van der Waals surface area contributed by atoms with Gasteiger partial charge in [0.2, 0.25) is 5.95 Å². The normalized spacial score (nSPS) is 14.2. The highest BCUT2D eigenvalue weighted by atomic mass is 16.3. The van der Waals surface area contributed by atoms with Crippen LogP contribution in [0, 0.1) is 6.92 Å². The number of amides is 2. The maximum Gasteiger partial charge on any atom is 0.291 e. The Labute approximate surface area is 192 Å². The predicted octanol–water partition coefficient (Wildman–Crippen LogP) is 2.57. The molecule has 0 saturated carbocycles. The predicted molar refractivity (Wildman–Crippen MR) is 125 cm³/mol. The Bertz CT molecular complexity index is 1060. The molecule has 0 aliphatic carbocycles. The Balaban J connectivity index is 1.20. The van der Waals surface area contributed by atoms with E-state index < -0.39 is 0 Å². The molecule has 0 spiro atoms. The summed E-state index contributed by atoms with van der Waals surface area (Å²) in [6, 6.07) is 10.3. The summed E-state index contributed by atoms with van der Waals surface area (Å²) in [5.41, 5.74) is 1.96. The molecule has 1 saturated heterocycles. The van der Waals surface area contributed by atoms with Crippen molar-refractivity contribution < 1.29 is 14.0 Å². The first-order valence-corrected chi connectivity index (χ1v) is 11.1. The molecule has 2 aromatic heterocycles. The first kappa shape index (κ1) is 22.5. The lowest BCUT2D eigenvalue weighted by Gasteiger charge is -2.34. The number of nitrogens with zero attached hydrogens (tertiary/aromatic N) is 4. The zero-order chi connectivity index (χ0) is 23.0. The Morgan fingerprint density at radius 2 is 1.82 bits per heavy atom. The van der Waals surface area contributed by atoms with Gasteiger partial charge in [-0.2, -0.15) is 0 Å². The molecule has 1 fully saturated rings. The second-order valence-electron chi connectivity index (χ2n) is 7.95. The van der Waals surface area contributed by atoms with Crippen LogP contribution in [0.2, 0.25) is 0 Å². The summed E-state index contributed by atoms with van der Waals surface area (Å²) in [6.45, 7) is 7.07. The van der Waals surface area contributed by atoms with Crippen LogP contribution in [0.3, 0.4) is 0 Å². The molecule has 4 rings (SSSR count). The van der Waals surface area contributed by atoms with Crippen molar-refractivity contribution in [3.63, 3.8) is 0 Å². The van der Waals surface area contributed by atoms with E-state index in [1.54, 1.807) is 36.7 Å². The van der Waals surface area contributed by atoms with Crippen LogP contribution in [-0.4, -0.2) is 66.0 Å². The lowest BCUT2D eigenvalue weighted by atomic mass is 10.1. The largest absolute Gasteiger partial charge is 0.459 e. The number of rotatable bonds is 8. The molecule has 0 radical (unpaired) electrons. The quantitative estimate of drug-likeness (QED) is 0.511. The average molecular weight is 449 g/mol. The van der Waals surface area contributed by atoms with Gasteiger partial charge >= 0.3 is 0 Å². The second kappa shape index (κ2) is 10.7. The van der Waals surface area contributed by atoms with Gasteiger partial charge in [0, 0.05) is 56.4 Å². The van der Waals surface area contributed by atoms with Crippen molar-refractivity contribution in [2.75, 3.05) is 49.5 Å². The van der Waals surface area contributed by atoms with E-state index in [4.69, 9.17) is 4.42 Å². The van der Waals surface area contributed by atoms with E-state index >= 15 is 0 Å². The standard InChI is InChI=1S/C24H28N6O3/c1-18-6-7-19(17-20(18)28-23(32)21-5-2-16-33-21)22(31)25-10-4-11-29-12-14-30(15-13-29)24-26-8-3-9-27-24/h2-3,5-9,16-17H,4,10-15H2,1H3,(H,25,31)(H,28,32). The van der Waals surface area contributed by atoms with Crippen molar-refractivity contribution in [1.29, 1.82) is 0 Å². The number of piperazine rings is 1. The van der Waals surface area contributed by atoms with Gasteiger partial charge in [0.25, 0.3) is 11.8 Å². The van der Waals surface area contributed by atoms with Crippen LogP contribution in [0.5, 0.6) is 0 Å². The van der Waals surface area contributed by atoms with Gasteiger partial charge in [0.05, 0.1) is 6.26 Å². The molecule has 1 aromatic carbocycles. The fraction of sp³-hybridized carbons (Fsp3) is 0.333. The molecule has 9 heteroatoms. The molecule has 33 heavy (non-hydrogen) atoms. The van der Waals surface area contributed by atoms with Crippen molar-refractivity contribution >= 4 is 23.5 Å². The minimum atomic E-state index is -0.348. The summed E-state index contributed by atoms with van der Waals surface area (Å²) in [4.78, 5) is 38.1.